The summed E-state index contributed by atoms with van der Waals surface area (Å²) in [5.74, 6) is -0.331. The van der Waals surface area contributed by atoms with Crippen molar-refractivity contribution in [3.05, 3.63) is 92.9 Å². The molecule has 1 amide bonds. The number of carbonyl (C=O) groups excluding carboxylic acids is 1. The predicted octanol–water partition coefficient (Wildman–Crippen LogP) is 5.38. The topological polar surface area (TPSA) is 75.3 Å². The second-order valence-corrected chi connectivity index (χ2v) is 8.92. The summed E-state index contributed by atoms with van der Waals surface area (Å²) >= 11 is 17.8. The minimum Gasteiger partial charge on any atom is -0.348 e. The van der Waals surface area contributed by atoms with Crippen molar-refractivity contribution in [2.45, 2.75) is 11.4 Å². The lowest BCUT2D eigenvalue weighted by molar-refractivity contribution is 0.0951. The minimum atomic E-state index is -4.04. The van der Waals surface area contributed by atoms with Crippen LogP contribution in [0, 0.1) is 0 Å². The molecule has 0 unspecified atom stereocenters. The summed E-state index contributed by atoms with van der Waals surface area (Å²) in [6, 6.07) is 18.0. The summed E-state index contributed by atoms with van der Waals surface area (Å²) in [6.45, 7) is 0.356. The fourth-order valence-electron chi connectivity index (χ4n) is 2.52. The number of nitrogens with one attached hydrogen (secondary N) is 2. The predicted molar refractivity (Wildman–Crippen MR) is 116 cm³/mol. The van der Waals surface area contributed by atoms with E-state index in [9.17, 15) is 13.2 Å². The molecule has 0 aliphatic heterocycles. The van der Waals surface area contributed by atoms with Gasteiger partial charge >= 0.3 is 0 Å². The number of benzene rings is 3. The Morgan fingerprint density at radius 1 is 0.828 bits per heavy atom. The van der Waals surface area contributed by atoms with Gasteiger partial charge in [-0.25, -0.2) is 8.42 Å². The van der Waals surface area contributed by atoms with Crippen LogP contribution in [-0.2, 0) is 16.6 Å². The highest BCUT2D eigenvalue weighted by Gasteiger charge is 2.20. The molecule has 150 valence electrons. The summed E-state index contributed by atoms with van der Waals surface area (Å²) in [5, 5.41) is 2.93. The van der Waals surface area contributed by atoms with Crippen molar-refractivity contribution in [2.24, 2.45) is 0 Å². The first-order valence-corrected chi connectivity index (χ1v) is 11.0. The summed E-state index contributed by atoms with van der Waals surface area (Å²) in [5.41, 5.74) is 1.47. The first kappa shape index (κ1) is 21.5. The number of hydrogen-bond acceptors (Lipinski definition) is 3. The van der Waals surface area contributed by atoms with Crippen LogP contribution in [0.15, 0.2) is 71.6 Å². The second kappa shape index (κ2) is 9.05. The van der Waals surface area contributed by atoms with E-state index in [0.717, 1.165) is 5.56 Å². The van der Waals surface area contributed by atoms with E-state index in [1.165, 1.54) is 24.3 Å². The maximum absolute atomic E-state index is 12.7. The summed E-state index contributed by atoms with van der Waals surface area (Å²) in [6.07, 6.45) is 0. The number of anilines is 1. The molecule has 0 aliphatic rings. The van der Waals surface area contributed by atoms with E-state index >= 15 is 0 Å². The molecule has 29 heavy (non-hydrogen) atoms. The molecule has 5 nitrogen and oxygen atoms in total. The van der Waals surface area contributed by atoms with Crippen molar-refractivity contribution in [3.63, 3.8) is 0 Å². The molecule has 9 heteroatoms. The van der Waals surface area contributed by atoms with Gasteiger partial charge in [0, 0.05) is 17.8 Å². The van der Waals surface area contributed by atoms with Gasteiger partial charge in [-0.2, -0.15) is 0 Å². The molecule has 3 rings (SSSR count). The number of hydrogen-bond donors (Lipinski definition) is 2. The quantitative estimate of drug-likeness (QED) is 0.476. The van der Waals surface area contributed by atoms with Crippen molar-refractivity contribution in [3.8, 4) is 0 Å². The Kier molecular flexibility index (Phi) is 6.70. The van der Waals surface area contributed by atoms with Gasteiger partial charge in [-0.15, -0.1) is 0 Å². The molecule has 0 atom stereocenters. The largest absolute Gasteiger partial charge is 0.348 e. The molecule has 0 fully saturated rings. The van der Waals surface area contributed by atoms with Crippen molar-refractivity contribution in [1.29, 1.82) is 0 Å². The first-order chi connectivity index (χ1) is 13.8. The third kappa shape index (κ3) is 5.42. The van der Waals surface area contributed by atoms with Crippen molar-refractivity contribution < 1.29 is 13.2 Å². The van der Waals surface area contributed by atoms with Crippen LogP contribution in [0.25, 0.3) is 0 Å². The molecule has 3 aromatic carbocycles. The summed E-state index contributed by atoms with van der Waals surface area (Å²) in [7, 11) is -4.04. The van der Waals surface area contributed by atoms with E-state index in [-0.39, 0.29) is 31.6 Å². The molecule has 2 N–H and O–H groups in total. The molecule has 0 radical (unpaired) electrons. The van der Waals surface area contributed by atoms with Gasteiger partial charge in [0.1, 0.15) is 4.90 Å². The summed E-state index contributed by atoms with van der Waals surface area (Å²) in [4.78, 5) is 12.2. The Morgan fingerprint density at radius 2 is 1.52 bits per heavy atom. The van der Waals surface area contributed by atoms with E-state index in [0.29, 0.717) is 12.1 Å². The van der Waals surface area contributed by atoms with Crippen molar-refractivity contribution >= 4 is 56.4 Å². The zero-order valence-corrected chi connectivity index (χ0v) is 17.9. The highest BCUT2D eigenvalue weighted by atomic mass is 35.5. The number of halogens is 3. The smallest absolute Gasteiger partial charge is 0.263 e. The average Bonchev–Trinajstić information content (AvgIpc) is 2.69. The normalized spacial score (nSPS) is 11.1. The van der Waals surface area contributed by atoms with Crippen LogP contribution in [0.1, 0.15) is 15.9 Å². The lowest BCUT2D eigenvalue weighted by atomic mass is 10.2. The molecule has 0 spiro atoms. The van der Waals surface area contributed by atoms with Crippen LogP contribution in [0.5, 0.6) is 0 Å². The molecule has 0 saturated carbocycles. The van der Waals surface area contributed by atoms with Crippen LogP contribution in [0.4, 0.5) is 5.69 Å². The Morgan fingerprint density at radius 3 is 2.24 bits per heavy atom. The molecule has 0 bridgehead atoms. The van der Waals surface area contributed by atoms with Gasteiger partial charge in [0.15, 0.2) is 0 Å². The first-order valence-electron chi connectivity index (χ1n) is 8.36. The molecular formula is C20H15Cl3N2O3S. The van der Waals surface area contributed by atoms with Crippen molar-refractivity contribution in [2.75, 3.05) is 4.72 Å². The Bertz CT molecular complexity index is 1150. The Hall–Kier alpha value is -2.25. The van der Waals surface area contributed by atoms with Gasteiger partial charge in [0.25, 0.3) is 15.9 Å². The fourth-order valence-corrected chi connectivity index (χ4v) is 4.58. The molecular weight excluding hydrogens is 455 g/mol. The maximum atomic E-state index is 12.7. The molecule has 0 aromatic heterocycles. The number of sulfonamides is 1. The van der Waals surface area contributed by atoms with Crippen LogP contribution >= 0.6 is 34.8 Å². The third-order valence-corrected chi connectivity index (χ3v) is 6.51. The highest BCUT2D eigenvalue weighted by molar-refractivity contribution is 7.92. The SMILES string of the molecule is O=C(NCc1ccccc1)c1cccc(NS(=O)(=O)c2cc(Cl)c(Cl)cc2Cl)c1. The Labute approximate surface area is 183 Å². The van der Waals surface area contributed by atoms with Crippen LogP contribution in [-0.4, -0.2) is 14.3 Å². The van der Waals surface area contributed by atoms with E-state index in [4.69, 9.17) is 34.8 Å². The van der Waals surface area contributed by atoms with Crippen LogP contribution in [0.2, 0.25) is 15.1 Å². The van der Waals surface area contributed by atoms with Crippen LogP contribution < -0.4 is 10.0 Å². The van der Waals surface area contributed by atoms with E-state index in [1.807, 2.05) is 30.3 Å². The number of carbonyl (C=O) groups is 1. The molecule has 0 saturated heterocycles. The van der Waals surface area contributed by atoms with Gasteiger partial charge in [0.2, 0.25) is 0 Å². The number of amides is 1. The molecule has 0 heterocycles. The molecule has 3 aromatic rings. The minimum absolute atomic E-state index is 0.0606. The van der Waals surface area contributed by atoms with Gasteiger partial charge in [0.05, 0.1) is 15.1 Å². The van der Waals surface area contributed by atoms with E-state index < -0.39 is 10.0 Å². The summed E-state index contributed by atoms with van der Waals surface area (Å²) < 4.78 is 27.8. The van der Waals surface area contributed by atoms with Crippen LogP contribution in [0.3, 0.4) is 0 Å². The van der Waals surface area contributed by atoms with E-state index in [1.54, 1.807) is 12.1 Å². The average molecular weight is 470 g/mol. The second-order valence-electron chi connectivity index (χ2n) is 6.05. The van der Waals surface area contributed by atoms with Gasteiger partial charge < -0.3 is 5.32 Å². The van der Waals surface area contributed by atoms with Gasteiger partial charge in [-0.05, 0) is 35.9 Å². The Balaban J connectivity index is 1.77. The highest BCUT2D eigenvalue weighted by Crippen LogP contribution is 2.32. The fraction of sp³-hybridized carbons (Fsp3) is 0.0500. The lowest BCUT2D eigenvalue weighted by Gasteiger charge is -2.12. The lowest BCUT2D eigenvalue weighted by Crippen LogP contribution is -2.23. The zero-order chi connectivity index (χ0) is 21.0. The zero-order valence-electron chi connectivity index (χ0n) is 14.8. The molecule has 0 aliphatic carbocycles. The number of rotatable bonds is 6. The van der Waals surface area contributed by atoms with Crippen molar-refractivity contribution in [1.82, 2.24) is 5.32 Å². The van der Waals surface area contributed by atoms with E-state index in [2.05, 4.69) is 10.0 Å². The van der Waals surface area contributed by atoms with Gasteiger partial charge in [-0.3, -0.25) is 9.52 Å². The van der Waals surface area contributed by atoms with Gasteiger partial charge in [-0.1, -0.05) is 71.2 Å². The maximum Gasteiger partial charge on any atom is 0.263 e. The monoisotopic (exact) mass is 468 g/mol. The third-order valence-electron chi connectivity index (χ3n) is 3.94. The standard InChI is InChI=1S/C20H15Cl3N2O3S/c21-16-10-18(23)19(11-17(16)22)29(27,28)25-15-8-4-7-14(9-15)20(26)24-12-13-5-2-1-3-6-13/h1-11,25H,12H2,(H,24,26).